The molecule has 66 heteroatoms. The summed E-state index contributed by atoms with van der Waals surface area (Å²) >= 11 is 0. The van der Waals surface area contributed by atoms with Crippen LogP contribution in [0.1, 0.15) is 34.6 Å². The molecule has 12 rings (SSSR count). The highest BCUT2D eigenvalue weighted by Crippen LogP contribution is 2.43. The predicted octanol–water partition coefficient (Wildman–Crippen LogP) is -26.4. The van der Waals surface area contributed by atoms with Crippen molar-refractivity contribution in [2.24, 2.45) is 0 Å². The van der Waals surface area contributed by atoms with Crippen LogP contribution in [0.15, 0.2) is 0 Å². The lowest BCUT2D eigenvalue weighted by molar-refractivity contribution is -0.406. The van der Waals surface area contributed by atoms with Crippen LogP contribution >= 0.6 is 0 Å². The number of carbonyl (C=O) groups is 5. The second-order valence-corrected chi connectivity index (χ2v) is 37.3. The molecule has 0 aromatic heterocycles. The Morgan fingerprint density at radius 3 is 0.669 bits per heavy atom. The molecule has 12 aliphatic rings. The Balaban J connectivity index is 0.859. The number of hydrogen-bond donors (Lipinski definition) is 38. The molecule has 856 valence electrons. The molecule has 5 amide bonds. The monoisotopic (exact) mass is 2170 g/mol. The topological polar surface area (TPSA) is 1030 Å². The average Bonchev–Trinajstić information content (AvgIpc) is 0.759. The number of aliphatic hydroxyl groups is 33. The van der Waals surface area contributed by atoms with Gasteiger partial charge in [0.1, 0.15) is 293 Å². The highest BCUT2D eigenvalue weighted by Gasteiger charge is 2.64. The van der Waals surface area contributed by atoms with E-state index < -0.39 is 477 Å². The SMILES string of the molecule is CC(=O)N[C@H]1[C@H](O[C@H]2[C@@H](O)[C@@H](CO)O[C@@H](O[C@H]3[C@H](O)[C@@H](NC(C)=O)[C@H](O[C@@H]4[C@@H](OC[C@H]5O[C@@H](O[C@H]6[C@H](O)[C@@H](NC(C)=O)C(O)O[C@@H]6CO)[C@@H](O)[C@@H](O[C@H]6O[C@H](CO)[C@@H](O[C@@H]7O[C@H](CO)[C@@H](O[C@@H]8O[C@H](CO)[C@H](O)[C@H](O)[C@H]8O)[C@H](O)[C@H]7NC(C)=O)[C@H](O)[C@@H]6O[C@@H]6O[C@H](CO)[C@@H](O[C@@H]7O[C@H](CO)[C@H](O)[C@H](O)[C@H]7O)[C@H](O)[C@H]6NC(C)=O)[C@@H]5O)O[C@H](CO)[C@@H](O)[C@@H]4O)O[C@@H]3CO)[C@@H]2O)O[C@H](CO)[C@@H](O[C@@H]2O[C@H](CO)[C@H](O)[C@H](O)[C@H]2O)[C@@H]1O. The van der Waals surface area contributed by atoms with Crippen LogP contribution in [0.4, 0.5) is 0 Å². The van der Waals surface area contributed by atoms with Gasteiger partial charge in [-0.1, -0.05) is 0 Å². The van der Waals surface area contributed by atoms with E-state index in [2.05, 4.69) is 26.6 Å². The summed E-state index contributed by atoms with van der Waals surface area (Å²) in [7, 11) is 0. The van der Waals surface area contributed by atoms with Crippen molar-refractivity contribution in [3.05, 3.63) is 0 Å². The van der Waals surface area contributed by atoms with Crippen molar-refractivity contribution in [3.8, 4) is 0 Å². The first-order valence-corrected chi connectivity index (χ1v) is 47.2. The van der Waals surface area contributed by atoms with E-state index in [1.807, 2.05) is 0 Å². The fourth-order valence-electron chi connectivity index (χ4n) is 19.3. The molecule has 12 fully saturated rings. The summed E-state index contributed by atoms with van der Waals surface area (Å²) in [5.41, 5.74) is 0. The normalized spacial score (nSPS) is 49.3. The molecule has 0 aromatic rings. The molecule has 0 aliphatic carbocycles. The molecule has 0 spiro atoms. The molecule has 12 aliphatic heterocycles. The molecule has 12 saturated heterocycles. The maximum Gasteiger partial charge on any atom is 0.217 e. The summed E-state index contributed by atoms with van der Waals surface area (Å²) < 4.78 is 138. The minimum Gasteiger partial charge on any atom is -0.394 e. The molecule has 148 heavy (non-hydrogen) atoms. The fourth-order valence-corrected chi connectivity index (χ4v) is 19.3. The Hall–Kier alpha value is -4.89. The zero-order chi connectivity index (χ0) is 109. The average molecular weight is 2170 g/mol. The van der Waals surface area contributed by atoms with Crippen molar-refractivity contribution in [1.29, 1.82) is 0 Å². The Morgan fingerprint density at radius 2 is 0.372 bits per heavy atom. The number of ether oxygens (including phenoxy) is 23. The summed E-state index contributed by atoms with van der Waals surface area (Å²) in [6, 6.07) is -10.1. The van der Waals surface area contributed by atoms with Gasteiger partial charge in [0.05, 0.1) is 79.3 Å². The molecule has 0 radical (unpaired) electrons. The van der Waals surface area contributed by atoms with E-state index in [9.17, 15) is 192 Å². The summed E-state index contributed by atoms with van der Waals surface area (Å²) in [5.74, 6) is -4.99. The van der Waals surface area contributed by atoms with E-state index in [1.54, 1.807) is 0 Å². The third-order valence-corrected chi connectivity index (χ3v) is 27.1. The smallest absolute Gasteiger partial charge is 0.217 e. The quantitative estimate of drug-likeness (QED) is 0.0272. The first-order chi connectivity index (χ1) is 70.1. The van der Waals surface area contributed by atoms with Gasteiger partial charge < -0.3 is 304 Å². The van der Waals surface area contributed by atoms with Gasteiger partial charge in [0, 0.05) is 34.6 Å². The van der Waals surface area contributed by atoms with E-state index in [-0.39, 0.29) is 0 Å². The number of nitrogens with one attached hydrogen (secondary N) is 5. The van der Waals surface area contributed by atoms with Crippen molar-refractivity contribution in [2.45, 2.75) is 403 Å². The minimum atomic E-state index is -2.70. The largest absolute Gasteiger partial charge is 0.394 e. The summed E-state index contributed by atoms with van der Waals surface area (Å²) in [6.45, 7) is -9.66. The van der Waals surface area contributed by atoms with Gasteiger partial charge in [0.2, 0.25) is 29.5 Å². The molecular weight excluding hydrogens is 2030 g/mol. The standard InChI is InChI=1S/C82H137N5O61/c1-18(99)83-35-46(110)61(28(11-93)127-71(35)125)143-80-60(124)68(146-82-70(148-75-39(87-22(5)103)49(113)64(31(14-96)136-75)142-78-57(121)53(117)42(106)25(8-90)130-78)58(122)66(33(16-98)137-82)139-72-36(84-19(2)100)47(111)62(29(12-94)133-72)140-76-55(119)51(115)40(104)23(6-88)128-76)45(109)34(138-80)17-126-81-69(54(118)43(107)26(9-91)132-81)147-74-38(86-21(4)102)50(114)65(32(15-97)135-74)144-79-59(123)67(44(108)27(10-92)131-79)145-73-37(85-20(3)101)48(112)63(30(13-95)134-73)141-77-56(120)52(116)41(105)24(7-89)129-77/h23-82,88-98,104-125H,6-17H2,1-5H3,(H,83,99)(H,84,100)(H,85,101)(H,86,102)(H,87,103)/t23-,24-,25-,26-,27-,28-,29-,30-,31-,32-,33-,34-,35-,36-,37-,38-,39-,40+,41+,42+,43-,44+,45-,46-,47-,48-,49-,50-,51+,52+,53+,54+,55-,56-,57-,58+,59-,60+,61-,62-,63-,64-,65-,66-,67+,68+,69+,70+,71?,72+,73+,74+,75+,76+,77+,78+,79+,80+,81+,82-/m1/s1. The van der Waals surface area contributed by atoms with E-state index in [1.165, 1.54) is 0 Å². The molecule has 66 nitrogen and oxygen atoms in total. The van der Waals surface area contributed by atoms with Crippen molar-refractivity contribution in [2.75, 3.05) is 79.3 Å². The lowest BCUT2D eigenvalue weighted by atomic mass is 9.93. The second kappa shape index (κ2) is 53.4. The van der Waals surface area contributed by atoms with Crippen LogP contribution in [0.3, 0.4) is 0 Å². The molecule has 0 bridgehead atoms. The number of rotatable bonds is 39. The van der Waals surface area contributed by atoms with Crippen molar-refractivity contribution in [3.63, 3.8) is 0 Å². The van der Waals surface area contributed by atoms with E-state index in [0.29, 0.717) is 0 Å². The summed E-state index contributed by atoms with van der Waals surface area (Å²) in [6.07, 6.45) is -120. The van der Waals surface area contributed by atoms with Crippen LogP contribution < -0.4 is 26.6 Å². The highest BCUT2D eigenvalue weighted by atomic mass is 16.8. The zero-order valence-corrected chi connectivity index (χ0v) is 79.3. The van der Waals surface area contributed by atoms with Gasteiger partial charge in [0.15, 0.2) is 75.5 Å². The Morgan fingerprint density at radius 1 is 0.176 bits per heavy atom. The van der Waals surface area contributed by atoms with E-state index in [0.717, 1.165) is 34.6 Å². The van der Waals surface area contributed by atoms with Gasteiger partial charge in [0.25, 0.3) is 0 Å². The van der Waals surface area contributed by atoms with Gasteiger partial charge in [-0.25, -0.2) is 0 Å². The van der Waals surface area contributed by atoms with Gasteiger partial charge in [-0.2, -0.15) is 0 Å². The highest BCUT2D eigenvalue weighted by molar-refractivity contribution is 5.75. The Bertz CT molecular complexity index is 4130. The first-order valence-electron chi connectivity index (χ1n) is 47.2. The Labute approximate surface area is 837 Å². The molecule has 60 atom stereocenters. The maximum absolute atomic E-state index is 13.4. The maximum atomic E-state index is 13.4. The third-order valence-electron chi connectivity index (χ3n) is 27.1. The van der Waals surface area contributed by atoms with E-state index in [4.69, 9.17) is 109 Å². The van der Waals surface area contributed by atoms with Gasteiger partial charge in [-0.3, -0.25) is 24.0 Å². The molecule has 0 aromatic carbocycles. The molecule has 12 heterocycles. The molecule has 38 N–H and O–H groups in total. The number of hydrogen-bond acceptors (Lipinski definition) is 61. The number of aliphatic hydroxyl groups excluding tert-OH is 33. The number of amides is 5. The van der Waals surface area contributed by atoms with Gasteiger partial charge >= 0.3 is 0 Å². The van der Waals surface area contributed by atoms with Crippen molar-refractivity contribution >= 4 is 29.5 Å². The predicted molar refractivity (Wildman–Crippen MR) is 453 cm³/mol. The second-order valence-electron chi connectivity index (χ2n) is 37.3. The van der Waals surface area contributed by atoms with Gasteiger partial charge in [-0.05, 0) is 0 Å². The van der Waals surface area contributed by atoms with Crippen LogP contribution in [0.2, 0.25) is 0 Å². The zero-order valence-electron chi connectivity index (χ0n) is 79.3. The summed E-state index contributed by atoms with van der Waals surface area (Å²) in [4.78, 5) is 65.3. The van der Waals surface area contributed by atoms with Gasteiger partial charge in [-0.15, -0.1) is 0 Å². The molecular formula is C82H137N5O61. The lowest BCUT2D eigenvalue weighted by Gasteiger charge is -2.52. The Kier molecular flexibility index (Phi) is 43.9. The van der Waals surface area contributed by atoms with Crippen LogP contribution in [0.5, 0.6) is 0 Å². The third kappa shape index (κ3) is 26.7. The van der Waals surface area contributed by atoms with Crippen molar-refractivity contribution in [1.82, 2.24) is 26.6 Å². The lowest BCUT2D eigenvalue weighted by Crippen LogP contribution is -2.71. The van der Waals surface area contributed by atoms with Crippen LogP contribution in [0.25, 0.3) is 0 Å². The molecule has 1 unspecified atom stereocenters. The van der Waals surface area contributed by atoms with E-state index >= 15 is 0 Å². The van der Waals surface area contributed by atoms with Crippen molar-refractivity contribution < 1.29 is 301 Å². The molecule has 0 saturated carbocycles. The van der Waals surface area contributed by atoms with Crippen LogP contribution in [-0.4, -0.2) is 645 Å². The summed E-state index contributed by atoms with van der Waals surface area (Å²) in [5, 5.41) is 384. The van der Waals surface area contributed by atoms with Crippen LogP contribution in [0, 0.1) is 0 Å². The first kappa shape index (κ1) is 122. The fraction of sp³-hybridized carbons (Fsp3) is 0.939. The minimum absolute atomic E-state index is 0.866. The number of carbonyl (C=O) groups excluding carboxylic acids is 5. The van der Waals surface area contributed by atoms with Crippen LogP contribution in [-0.2, 0) is 133 Å².